The fraction of sp³-hybridized carbons (Fsp3) is 0.235. The summed E-state index contributed by atoms with van der Waals surface area (Å²) in [6.45, 7) is 0. The molecule has 0 spiro atoms. The van der Waals surface area contributed by atoms with E-state index in [0.29, 0.717) is 0 Å². The molecule has 0 unspecified atom stereocenters. The van der Waals surface area contributed by atoms with E-state index in [0.717, 1.165) is 10.6 Å². The van der Waals surface area contributed by atoms with E-state index < -0.39 is 25.8 Å². The van der Waals surface area contributed by atoms with Crippen LogP contribution in [-0.4, -0.2) is 54.5 Å². The highest BCUT2D eigenvalue weighted by Gasteiger charge is 2.24. The lowest BCUT2D eigenvalue weighted by atomic mass is 10.2. The lowest BCUT2D eigenvalue weighted by molar-refractivity contribution is 0.102. The Labute approximate surface area is 158 Å². The Morgan fingerprint density at radius 3 is 2.19 bits per heavy atom. The molecule has 0 aliphatic heterocycles. The van der Waals surface area contributed by atoms with Gasteiger partial charge in [0.25, 0.3) is 5.91 Å². The highest BCUT2D eigenvalue weighted by atomic mass is 32.2. The fourth-order valence-corrected chi connectivity index (χ4v) is 4.29. The van der Waals surface area contributed by atoms with Crippen LogP contribution in [0.5, 0.6) is 5.75 Å². The molecule has 2 aromatic rings. The van der Waals surface area contributed by atoms with E-state index in [2.05, 4.69) is 5.32 Å². The van der Waals surface area contributed by atoms with Crippen LogP contribution in [0.3, 0.4) is 0 Å². The number of hydrogen-bond acceptors (Lipinski definition) is 6. The topological polar surface area (TPSA) is 110 Å². The number of hydrogen-bond donors (Lipinski definition) is 1. The number of carbonyl (C=O) groups is 1. The molecular weight excluding hydrogens is 392 g/mol. The molecule has 0 fully saturated rings. The molecule has 1 N–H and O–H groups in total. The van der Waals surface area contributed by atoms with Gasteiger partial charge >= 0.3 is 0 Å². The molecule has 10 heteroatoms. The Morgan fingerprint density at radius 1 is 1.00 bits per heavy atom. The standard InChI is InChI=1S/C17H20N2O6S2/c1-19(2)27(23,24)16-11-12(9-10-14(16)25-3)18-17(20)13-7-5-6-8-15(13)26(4,21)22/h5-11H,1-4H3,(H,18,20). The zero-order valence-electron chi connectivity index (χ0n) is 15.3. The first-order valence-electron chi connectivity index (χ1n) is 7.69. The maximum absolute atomic E-state index is 12.6. The Hall–Kier alpha value is -2.43. The minimum atomic E-state index is -3.81. The molecule has 0 heterocycles. The number of anilines is 1. The van der Waals surface area contributed by atoms with E-state index in [9.17, 15) is 21.6 Å². The van der Waals surface area contributed by atoms with Crippen molar-refractivity contribution in [3.63, 3.8) is 0 Å². The molecule has 0 saturated heterocycles. The van der Waals surface area contributed by atoms with Crippen LogP contribution in [0.1, 0.15) is 10.4 Å². The Kier molecular flexibility index (Phi) is 5.93. The maximum atomic E-state index is 12.6. The van der Waals surface area contributed by atoms with Crippen molar-refractivity contribution >= 4 is 31.5 Å². The first kappa shape index (κ1) is 20.9. The normalized spacial score (nSPS) is 12.0. The zero-order valence-corrected chi connectivity index (χ0v) is 16.9. The largest absolute Gasteiger partial charge is 0.495 e. The molecular formula is C17H20N2O6S2. The van der Waals surface area contributed by atoms with Crippen LogP contribution < -0.4 is 10.1 Å². The first-order valence-corrected chi connectivity index (χ1v) is 11.0. The third kappa shape index (κ3) is 4.46. The summed E-state index contributed by atoms with van der Waals surface area (Å²) in [6.07, 6.45) is 1.01. The van der Waals surface area contributed by atoms with Crippen LogP contribution >= 0.6 is 0 Å². The summed E-state index contributed by atoms with van der Waals surface area (Å²) < 4.78 is 54.8. The smallest absolute Gasteiger partial charge is 0.256 e. The zero-order chi connectivity index (χ0) is 20.4. The van der Waals surface area contributed by atoms with Gasteiger partial charge in [0.15, 0.2) is 9.84 Å². The van der Waals surface area contributed by atoms with Crippen LogP contribution in [0, 0.1) is 0 Å². The van der Waals surface area contributed by atoms with Crippen LogP contribution in [0.25, 0.3) is 0 Å². The summed E-state index contributed by atoms with van der Waals surface area (Å²) >= 11 is 0. The number of benzene rings is 2. The molecule has 0 bridgehead atoms. The van der Waals surface area contributed by atoms with Crippen molar-refractivity contribution in [1.82, 2.24) is 4.31 Å². The van der Waals surface area contributed by atoms with Gasteiger partial charge in [-0.3, -0.25) is 4.79 Å². The SMILES string of the molecule is COc1ccc(NC(=O)c2ccccc2S(C)(=O)=O)cc1S(=O)(=O)N(C)C. The van der Waals surface area contributed by atoms with Crippen molar-refractivity contribution < 1.29 is 26.4 Å². The fourth-order valence-electron chi connectivity index (χ4n) is 2.33. The molecule has 0 atom stereocenters. The number of nitrogens with zero attached hydrogens (tertiary/aromatic N) is 1. The predicted molar refractivity (Wildman–Crippen MR) is 101 cm³/mol. The van der Waals surface area contributed by atoms with Crippen molar-refractivity contribution in [2.45, 2.75) is 9.79 Å². The first-order chi connectivity index (χ1) is 12.5. The van der Waals surface area contributed by atoms with Gasteiger partial charge in [0.2, 0.25) is 10.0 Å². The van der Waals surface area contributed by atoms with E-state index in [1.807, 2.05) is 0 Å². The average Bonchev–Trinajstić information content (AvgIpc) is 2.60. The van der Waals surface area contributed by atoms with Crippen molar-refractivity contribution in [3.8, 4) is 5.75 Å². The Balaban J connectivity index is 2.47. The minimum Gasteiger partial charge on any atom is -0.495 e. The van der Waals surface area contributed by atoms with Gasteiger partial charge in [-0.15, -0.1) is 0 Å². The van der Waals surface area contributed by atoms with E-state index in [1.165, 1.54) is 57.6 Å². The van der Waals surface area contributed by atoms with E-state index >= 15 is 0 Å². The number of sulfone groups is 1. The van der Waals surface area contributed by atoms with Crippen molar-refractivity contribution in [2.75, 3.05) is 32.8 Å². The highest BCUT2D eigenvalue weighted by molar-refractivity contribution is 7.90. The minimum absolute atomic E-state index is 0.0344. The molecule has 2 rings (SSSR count). The van der Waals surface area contributed by atoms with Gasteiger partial charge in [-0.05, 0) is 30.3 Å². The Bertz CT molecular complexity index is 1080. The van der Waals surface area contributed by atoms with Gasteiger partial charge in [-0.1, -0.05) is 12.1 Å². The van der Waals surface area contributed by atoms with Gasteiger partial charge in [0.05, 0.1) is 17.6 Å². The molecule has 8 nitrogen and oxygen atoms in total. The molecule has 0 aliphatic rings. The summed E-state index contributed by atoms with van der Waals surface area (Å²) in [5.74, 6) is -0.548. The summed E-state index contributed by atoms with van der Waals surface area (Å²) in [4.78, 5) is 12.3. The lowest BCUT2D eigenvalue weighted by Crippen LogP contribution is -2.23. The van der Waals surface area contributed by atoms with E-state index in [1.54, 1.807) is 6.07 Å². The summed E-state index contributed by atoms with van der Waals surface area (Å²) in [7, 11) is -3.33. The summed E-state index contributed by atoms with van der Waals surface area (Å²) in [6, 6.07) is 9.91. The molecule has 2 aromatic carbocycles. The average molecular weight is 412 g/mol. The molecule has 0 aromatic heterocycles. The molecule has 27 heavy (non-hydrogen) atoms. The second kappa shape index (κ2) is 7.67. The Morgan fingerprint density at radius 2 is 1.63 bits per heavy atom. The molecule has 0 saturated carbocycles. The van der Waals surface area contributed by atoms with Crippen molar-refractivity contribution in [2.24, 2.45) is 0 Å². The quantitative estimate of drug-likeness (QED) is 0.772. The number of ether oxygens (including phenoxy) is 1. The monoisotopic (exact) mass is 412 g/mol. The third-order valence-corrected chi connectivity index (χ3v) is 6.70. The number of carbonyl (C=O) groups excluding carboxylic acids is 1. The van der Waals surface area contributed by atoms with E-state index in [4.69, 9.17) is 4.74 Å². The molecule has 0 radical (unpaired) electrons. The van der Waals surface area contributed by atoms with Gasteiger partial charge in [0, 0.05) is 26.0 Å². The number of sulfonamides is 1. The molecule has 1 amide bonds. The third-order valence-electron chi connectivity index (χ3n) is 3.71. The van der Waals surface area contributed by atoms with Gasteiger partial charge in [-0.25, -0.2) is 21.1 Å². The second-order valence-electron chi connectivity index (χ2n) is 5.88. The van der Waals surface area contributed by atoms with Crippen molar-refractivity contribution in [3.05, 3.63) is 48.0 Å². The lowest BCUT2D eigenvalue weighted by Gasteiger charge is -2.16. The number of amides is 1. The second-order valence-corrected chi connectivity index (χ2v) is 9.98. The molecule has 146 valence electrons. The van der Waals surface area contributed by atoms with Crippen LogP contribution in [0.4, 0.5) is 5.69 Å². The predicted octanol–water partition coefficient (Wildman–Crippen LogP) is 1.60. The number of nitrogens with one attached hydrogen (secondary N) is 1. The summed E-state index contributed by atoms with van der Waals surface area (Å²) in [5.41, 5.74) is 0.150. The van der Waals surface area contributed by atoms with Crippen LogP contribution in [0.15, 0.2) is 52.3 Å². The summed E-state index contributed by atoms with van der Waals surface area (Å²) in [5, 5.41) is 2.53. The van der Waals surface area contributed by atoms with Gasteiger partial charge < -0.3 is 10.1 Å². The maximum Gasteiger partial charge on any atom is 0.256 e. The number of rotatable bonds is 6. The van der Waals surface area contributed by atoms with Crippen LogP contribution in [0.2, 0.25) is 0 Å². The molecule has 0 aliphatic carbocycles. The van der Waals surface area contributed by atoms with Crippen molar-refractivity contribution in [1.29, 1.82) is 0 Å². The van der Waals surface area contributed by atoms with Gasteiger partial charge in [-0.2, -0.15) is 0 Å². The number of methoxy groups -OCH3 is 1. The van der Waals surface area contributed by atoms with E-state index in [-0.39, 0.29) is 26.8 Å². The highest BCUT2D eigenvalue weighted by Crippen LogP contribution is 2.29. The van der Waals surface area contributed by atoms with Crippen LogP contribution in [-0.2, 0) is 19.9 Å². The van der Waals surface area contributed by atoms with Gasteiger partial charge in [0.1, 0.15) is 10.6 Å².